The maximum Gasteiger partial charge on any atom is 0.337 e. The van der Waals surface area contributed by atoms with Crippen molar-refractivity contribution in [3.05, 3.63) is 87.4 Å². The van der Waals surface area contributed by atoms with Gasteiger partial charge in [0.25, 0.3) is 0 Å². The summed E-state index contributed by atoms with van der Waals surface area (Å²) in [4.78, 5) is 17.2. The monoisotopic (exact) mass is 514 g/mol. The van der Waals surface area contributed by atoms with E-state index in [1.807, 2.05) is 49.7 Å². The van der Waals surface area contributed by atoms with E-state index in [4.69, 9.17) is 32.9 Å². The van der Waals surface area contributed by atoms with Gasteiger partial charge in [0.15, 0.2) is 6.10 Å². The maximum absolute atomic E-state index is 13.5. The number of aliphatic carboxylic acids is 1. The third-order valence-corrected chi connectivity index (χ3v) is 6.19. The van der Waals surface area contributed by atoms with Crippen LogP contribution in [-0.2, 0) is 16.1 Å². The van der Waals surface area contributed by atoms with Crippen molar-refractivity contribution >= 4 is 40.2 Å². The van der Waals surface area contributed by atoms with Crippen LogP contribution in [0.3, 0.4) is 0 Å². The Morgan fingerprint density at radius 2 is 1.83 bits per heavy atom. The summed E-state index contributed by atoms with van der Waals surface area (Å²) >= 11 is 12.4. The summed E-state index contributed by atoms with van der Waals surface area (Å²) in [7, 11) is 0. The zero-order chi connectivity index (χ0) is 25.5. The number of benzene rings is 2. The molecule has 2 heterocycles. The van der Waals surface area contributed by atoms with Crippen molar-refractivity contribution in [2.45, 2.75) is 45.9 Å². The number of ether oxygens (including phenoxy) is 1. The fourth-order valence-electron chi connectivity index (χ4n) is 4.12. The molecule has 4 rings (SSSR count). The van der Waals surface area contributed by atoms with Gasteiger partial charge in [-0.1, -0.05) is 41.4 Å². The Bertz CT molecular complexity index is 1410. The molecule has 0 aliphatic rings. The summed E-state index contributed by atoms with van der Waals surface area (Å²) in [5.74, 6) is -1.50. The van der Waals surface area contributed by atoms with Gasteiger partial charge in [-0.25, -0.2) is 14.2 Å². The molecule has 1 N–H and O–H groups in total. The average Bonchev–Trinajstić information content (AvgIpc) is 3.15. The normalized spacial score (nSPS) is 12.8. The first-order valence-electron chi connectivity index (χ1n) is 11.0. The molecule has 8 heteroatoms. The number of carboxylic acid groups (broad SMARTS) is 1. The lowest BCUT2D eigenvalue weighted by Gasteiger charge is -2.28. The second-order valence-corrected chi connectivity index (χ2v) is 10.2. The van der Waals surface area contributed by atoms with Gasteiger partial charge < -0.3 is 14.4 Å². The Hall–Kier alpha value is -2.93. The molecule has 0 fully saturated rings. The zero-order valence-electron chi connectivity index (χ0n) is 19.8. The molecule has 0 saturated carbocycles. The Kier molecular flexibility index (Phi) is 6.91. The van der Waals surface area contributed by atoms with Crippen LogP contribution in [0.5, 0.6) is 0 Å². The first kappa shape index (κ1) is 25.2. The second kappa shape index (κ2) is 9.61. The van der Waals surface area contributed by atoms with Gasteiger partial charge in [-0.15, -0.1) is 0 Å². The fourth-order valence-corrected chi connectivity index (χ4v) is 4.48. The summed E-state index contributed by atoms with van der Waals surface area (Å²) in [5.41, 5.74) is 3.21. The molecule has 0 radical (unpaired) electrons. The molecule has 5 nitrogen and oxygen atoms in total. The van der Waals surface area contributed by atoms with E-state index < -0.39 is 23.5 Å². The molecule has 4 aromatic rings. The minimum absolute atomic E-state index is 0.322. The smallest absolute Gasteiger partial charge is 0.337 e. The number of pyridine rings is 1. The Morgan fingerprint density at radius 1 is 1.14 bits per heavy atom. The van der Waals surface area contributed by atoms with E-state index in [0.29, 0.717) is 39.1 Å². The minimum Gasteiger partial charge on any atom is -0.479 e. The molecule has 35 heavy (non-hydrogen) atoms. The van der Waals surface area contributed by atoms with Crippen LogP contribution in [0.1, 0.15) is 43.7 Å². The molecular formula is C27H25Cl2FN2O3. The molecule has 0 aliphatic carbocycles. The van der Waals surface area contributed by atoms with Crippen LogP contribution < -0.4 is 0 Å². The highest BCUT2D eigenvalue weighted by molar-refractivity contribution is 6.31. The molecule has 0 unspecified atom stereocenters. The number of halogens is 3. The quantitative estimate of drug-likeness (QED) is 0.290. The first-order chi connectivity index (χ1) is 16.4. The molecule has 0 aliphatic heterocycles. The van der Waals surface area contributed by atoms with Crippen LogP contribution in [0.4, 0.5) is 4.39 Å². The third kappa shape index (κ3) is 5.35. The van der Waals surface area contributed by atoms with Crippen molar-refractivity contribution < 1.29 is 19.0 Å². The molecule has 0 amide bonds. The standard InChI is InChI=1S/C27H25Cl2FN2O3/c1-15-22(24(26(33)34)35-27(2,3)4)23(16-5-8-18(28)9-6-16)20-11-12-32(25(20)31-15)14-17-7-10-19(30)13-21(17)29/h5-13,24H,14H2,1-4H3,(H,33,34)/t24-/m0/s1. The lowest BCUT2D eigenvalue weighted by Crippen LogP contribution is -2.28. The Balaban J connectivity index is 1.96. The van der Waals surface area contributed by atoms with Gasteiger partial charge in [-0.2, -0.15) is 0 Å². The van der Waals surface area contributed by atoms with Gasteiger partial charge in [-0.05, 0) is 69.2 Å². The van der Waals surface area contributed by atoms with Crippen molar-refractivity contribution in [2.75, 3.05) is 0 Å². The van der Waals surface area contributed by atoms with Crippen LogP contribution in [0, 0.1) is 12.7 Å². The fraction of sp³-hybridized carbons (Fsp3) is 0.259. The van der Waals surface area contributed by atoms with Gasteiger partial charge >= 0.3 is 5.97 Å². The second-order valence-electron chi connectivity index (χ2n) is 9.36. The first-order valence-corrected chi connectivity index (χ1v) is 11.8. The molecule has 2 aromatic carbocycles. The predicted molar refractivity (Wildman–Crippen MR) is 137 cm³/mol. The van der Waals surface area contributed by atoms with Crippen LogP contribution in [0.2, 0.25) is 10.0 Å². The van der Waals surface area contributed by atoms with Gasteiger partial charge in [0.05, 0.1) is 12.1 Å². The van der Waals surface area contributed by atoms with E-state index in [-0.39, 0.29) is 0 Å². The third-order valence-electron chi connectivity index (χ3n) is 5.58. The lowest BCUT2D eigenvalue weighted by molar-refractivity contribution is -0.160. The highest BCUT2D eigenvalue weighted by Crippen LogP contribution is 2.40. The molecule has 1 atom stereocenters. The van der Waals surface area contributed by atoms with Crippen molar-refractivity contribution in [1.29, 1.82) is 0 Å². The number of hydrogen-bond acceptors (Lipinski definition) is 3. The van der Waals surface area contributed by atoms with Crippen molar-refractivity contribution in [2.24, 2.45) is 0 Å². The van der Waals surface area contributed by atoms with Gasteiger partial charge in [0.1, 0.15) is 11.5 Å². The van der Waals surface area contributed by atoms with E-state index in [0.717, 1.165) is 16.5 Å². The van der Waals surface area contributed by atoms with Crippen molar-refractivity contribution in [3.8, 4) is 11.1 Å². The van der Waals surface area contributed by atoms with Crippen LogP contribution in [0.25, 0.3) is 22.2 Å². The summed E-state index contributed by atoms with van der Waals surface area (Å²) in [6, 6.07) is 13.4. The van der Waals surface area contributed by atoms with Crippen LogP contribution in [-0.4, -0.2) is 26.2 Å². The molecular weight excluding hydrogens is 490 g/mol. The molecule has 2 aromatic heterocycles. The lowest BCUT2D eigenvalue weighted by atomic mass is 9.92. The minimum atomic E-state index is -1.23. The van der Waals surface area contributed by atoms with E-state index >= 15 is 0 Å². The largest absolute Gasteiger partial charge is 0.479 e. The summed E-state index contributed by atoms with van der Waals surface area (Å²) in [6.45, 7) is 7.59. The highest BCUT2D eigenvalue weighted by Gasteiger charge is 2.32. The van der Waals surface area contributed by atoms with Crippen molar-refractivity contribution in [3.63, 3.8) is 0 Å². The molecule has 0 bridgehead atoms. The zero-order valence-corrected chi connectivity index (χ0v) is 21.3. The summed E-state index contributed by atoms with van der Waals surface area (Å²) < 4.78 is 21.4. The number of hydrogen-bond donors (Lipinski definition) is 1. The maximum atomic E-state index is 13.5. The highest BCUT2D eigenvalue weighted by atomic mass is 35.5. The number of carboxylic acids is 1. The molecule has 182 valence electrons. The number of rotatable bonds is 6. The van der Waals surface area contributed by atoms with Crippen LogP contribution in [0.15, 0.2) is 54.7 Å². The molecule has 0 saturated heterocycles. The Labute approximate surface area is 213 Å². The van der Waals surface area contributed by atoms with Crippen molar-refractivity contribution in [1.82, 2.24) is 9.55 Å². The van der Waals surface area contributed by atoms with E-state index in [9.17, 15) is 14.3 Å². The van der Waals surface area contributed by atoms with E-state index in [1.165, 1.54) is 12.1 Å². The predicted octanol–water partition coefficient (Wildman–Crippen LogP) is 7.45. The summed E-state index contributed by atoms with van der Waals surface area (Å²) in [5, 5.41) is 11.8. The van der Waals surface area contributed by atoms with Gasteiger partial charge in [0, 0.05) is 38.4 Å². The number of carbonyl (C=O) groups is 1. The van der Waals surface area contributed by atoms with E-state index in [1.54, 1.807) is 25.1 Å². The number of fused-ring (bicyclic) bond motifs is 1. The number of aromatic nitrogens is 2. The summed E-state index contributed by atoms with van der Waals surface area (Å²) in [6.07, 6.45) is 0.632. The van der Waals surface area contributed by atoms with E-state index in [2.05, 4.69) is 0 Å². The SMILES string of the molecule is Cc1nc2c(ccn2Cc2ccc(F)cc2Cl)c(-c2ccc(Cl)cc2)c1[C@H](OC(C)(C)C)C(=O)O. The van der Waals surface area contributed by atoms with Crippen LogP contribution >= 0.6 is 23.2 Å². The number of nitrogens with zero attached hydrogens (tertiary/aromatic N) is 2. The van der Waals surface area contributed by atoms with Gasteiger partial charge in [-0.3, -0.25) is 0 Å². The van der Waals surface area contributed by atoms with Gasteiger partial charge in [0.2, 0.25) is 0 Å². The number of aryl methyl sites for hydroxylation is 1. The topological polar surface area (TPSA) is 64.4 Å². The average molecular weight is 515 g/mol. The Morgan fingerprint density at radius 3 is 2.43 bits per heavy atom. The molecule has 0 spiro atoms.